The summed E-state index contributed by atoms with van der Waals surface area (Å²) in [5, 5.41) is 32.0. The van der Waals surface area contributed by atoms with Gasteiger partial charge in [-0.25, -0.2) is 5.10 Å². The number of phenolic OH excluding ortho intramolecular Hbond substituents is 1. The third kappa shape index (κ3) is 3.08. The number of nitrogens with zero attached hydrogens (tertiary/aromatic N) is 5. The van der Waals surface area contributed by atoms with E-state index < -0.39 is 6.04 Å². The molecule has 0 aliphatic carbocycles. The molecule has 0 radical (unpaired) electrons. The minimum Gasteiger partial charge on any atom is -0.504 e. The number of fused-ring (bicyclic) bond motifs is 2. The molecule has 156 valence electrons. The van der Waals surface area contributed by atoms with Gasteiger partial charge < -0.3 is 15.2 Å². The van der Waals surface area contributed by atoms with Crippen molar-refractivity contribution in [2.24, 2.45) is 0 Å². The molecule has 2 aromatic heterocycles. The van der Waals surface area contributed by atoms with E-state index in [4.69, 9.17) is 4.74 Å². The number of benzene rings is 2. The first-order chi connectivity index (χ1) is 15.1. The molecule has 1 aliphatic heterocycles. The van der Waals surface area contributed by atoms with Crippen LogP contribution in [0.4, 0.5) is 11.6 Å². The van der Waals surface area contributed by atoms with Crippen molar-refractivity contribution in [1.82, 2.24) is 30.4 Å². The molecule has 0 spiro atoms. The summed E-state index contributed by atoms with van der Waals surface area (Å²) in [6, 6.07) is 12.3. The third-order valence-corrected chi connectivity index (χ3v) is 5.19. The summed E-state index contributed by atoms with van der Waals surface area (Å²) in [7, 11) is 0. The molecule has 0 saturated carbocycles. The van der Waals surface area contributed by atoms with Crippen molar-refractivity contribution < 1.29 is 9.84 Å². The zero-order valence-corrected chi connectivity index (χ0v) is 16.8. The van der Waals surface area contributed by atoms with Crippen LogP contribution in [0.3, 0.4) is 0 Å². The Morgan fingerprint density at radius 2 is 2.00 bits per heavy atom. The summed E-state index contributed by atoms with van der Waals surface area (Å²) >= 11 is 0. The Morgan fingerprint density at radius 1 is 1.19 bits per heavy atom. The number of ether oxygens (including phenoxy) is 1. The molecular weight excluding hydrogens is 398 g/mol. The molecule has 2 aromatic carbocycles. The van der Waals surface area contributed by atoms with Gasteiger partial charge in [-0.3, -0.25) is 4.79 Å². The summed E-state index contributed by atoms with van der Waals surface area (Å²) in [6.07, 6.45) is 0. The highest BCUT2D eigenvalue weighted by atomic mass is 16.5. The molecule has 0 unspecified atom stereocenters. The second kappa shape index (κ2) is 7.24. The van der Waals surface area contributed by atoms with Gasteiger partial charge in [-0.05, 0) is 42.0 Å². The van der Waals surface area contributed by atoms with Crippen LogP contribution in [-0.2, 0) is 0 Å². The molecule has 5 rings (SSSR count). The topological polar surface area (TPSA) is 131 Å². The highest BCUT2D eigenvalue weighted by Crippen LogP contribution is 2.42. The highest BCUT2D eigenvalue weighted by Gasteiger charge is 2.34. The molecule has 4 aromatic rings. The maximum absolute atomic E-state index is 12.7. The number of hydrogen-bond donors (Lipinski definition) is 3. The van der Waals surface area contributed by atoms with Crippen LogP contribution in [0.15, 0.2) is 47.3 Å². The number of aromatic nitrogens is 6. The van der Waals surface area contributed by atoms with Crippen molar-refractivity contribution in [3.8, 4) is 22.8 Å². The average molecular weight is 417 g/mol. The molecule has 10 heteroatoms. The lowest BCUT2D eigenvalue weighted by Gasteiger charge is -2.28. The lowest BCUT2D eigenvalue weighted by atomic mass is 9.92. The number of aryl methyl sites for hydroxylation is 1. The molecule has 3 N–H and O–H groups in total. The third-order valence-electron chi connectivity index (χ3n) is 5.19. The Morgan fingerprint density at radius 3 is 2.77 bits per heavy atom. The van der Waals surface area contributed by atoms with E-state index >= 15 is 0 Å². The number of aromatic hydroxyl groups is 1. The van der Waals surface area contributed by atoms with Crippen LogP contribution in [0.2, 0.25) is 0 Å². The number of hydrogen-bond acceptors (Lipinski definition) is 8. The van der Waals surface area contributed by atoms with Crippen molar-refractivity contribution in [1.29, 1.82) is 0 Å². The fraction of sp³-hybridized carbons (Fsp3) is 0.190. The van der Waals surface area contributed by atoms with Gasteiger partial charge in [-0.2, -0.15) is 9.78 Å². The van der Waals surface area contributed by atoms with Gasteiger partial charge in [0.25, 0.3) is 5.56 Å². The van der Waals surface area contributed by atoms with Crippen LogP contribution in [0.25, 0.3) is 11.3 Å². The lowest BCUT2D eigenvalue weighted by Crippen LogP contribution is -2.29. The number of nitrogens with one attached hydrogen (secondary N) is 2. The van der Waals surface area contributed by atoms with Crippen LogP contribution in [0, 0.1) is 6.92 Å². The van der Waals surface area contributed by atoms with Gasteiger partial charge in [0.15, 0.2) is 11.5 Å². The summed E-state index contributed by atoms with van der Waals surface area (Å²) in [4.78, 5) is 12.7. The SMILES string of the molecule is CCOc1cc([C@H]2c3c(-c4ccc(C)cc4)n[nH]c(=O)c3Nc3nnnn32)ccc1O. The lowest BCUT2D eigenvalue weighted by molar-refractivity contribution is 0.317. The van der Waals surface area contributed by atoms with E-state index in [-0.39, 0.29) is 11.3 Å². The number of rotatable bonds is 4. The van der Waals surface area contributed by atoms with Gasteiger partial charge in [-0.15, -0.1) is 0 Å². The first kappa shape index (κ1) is 18.8. The summed E-state index contributed by atoms with van der Waals surface area (Å²) < 4.78 is 7.15. The molecule has 0 saturated heterocycles. The van der Waals surface area contributed by atoms with E-state index in [1.54, 1.807) is 22.9 Å². The quantitative estimate of drug-likeness (QED) is 0.407. The number of phenols is 1. The maximum Gasteiger partial charge on any atom is 0.288 e. The molecule has 0 amide bonds. The Hall–Kier alpha value is -4.21. The minimum atomic E-state index is -0.563. The van der Waals surface area contributed by atoms with Crippen LogP contribution < -0.4 is 15.6 Å². The van der Waals surface area contributed by atoms with E-state index in [2.05, 4.69) is 31.0 Å². The van der Waals surface area contributed by atoms with Crippen molar-refractivity contribution in [3.63, 3.8) is 0 Å². The van der Waals surface area contributed by atoms with Crippen molar-refractivity contribution in [3.05, 3.63) is 69.5 Å². The van der Waals surface area contributed by atoms with Gasteiger partial charge >= 0.3 is 0 Å². The smallest absolute Gasteiger partial charge is 0.288 e. The van der Waals surface area contributed by atoms with E-state index in [0.717, 1.165) is 16.7 Å². The average Bonchev–Trinajstić information content (AvgIpc) is 3.24. The van der Waals surface area contributed by atoms with Crippen LogP contribution in [-0.4, -0.2) is 42.1 Å². The van der Waals surface area contributed by atoms with Crippen LogP contribution in [0.5, 0.6) is 11.5 Å². The zero-order valence-electron chi connectivity index (χ0n) is 16.8. The number of anilines is 2. The fourth-order valence-corrected chi connectivity index (χ4v) is 3.75. The van der Waals surface area contributed by atoms with E-state index in [9.17, 15) is 9.90 Å². The Bertz CT molecular complexity index is 1330. The molecular formula is C21H19N7O3. The van der Waals surface area contributed by atoms with E-state index in [0.29, 0.717) is 35.2 Å². The molecule has 1 aliphatic rings. The summed E-state index contributed by atoms with van der Waals surface area (Å²) in [5.74, 6) is 0.693. The Labute approximate surface area is 176 Å². The van der Waals surface area contributed by atoms with Crippen LogP contribution in [0.1, 0.15) is 29.7 Å². The normalized spacial score (nSPS) is 14.5. The highest BCUT2D eigenvalue weighted by molar-refractivity contribution is 5.75. The largest absolute Gasteiger partial charge is 0.504 e. The molecule has 0 fully saturated rings. The molecule has 31 heavy (non-hydrogen) atoms. The van der Waals surface area contributed by atoms with E-state index in [1.165, 1.54) is 0 Å². The standard InChI is InChI=1S/C21H19N7O3/c1-3-31-15-10-13(8-9-14(15)29)19-16-17(12-6-4-11(2)5-7-12)23-24-20(30)18(16)22-21-25-26-27-28(19)21/h4-10,19,29H,3H2,1-2H3,(H,24,30)(H,22,25,27)/t19-/m0/s1. The molecule has 10 nitrogen and oxygen atoms in total. The molecule has 1 atom stereocenters. The van der Waals surface area contributed by atoms with Crippen molar-refractivity contribution >= 4 is 11.6 Å². The Balaban J connectivity index is 1.78. The van der Waals surface area contributed by atoms with Gasteiger partial charge in [-0.1, -0.05) is 41.0 Å². The first-order valence-corrected chi connectivity index (χ1v) is 9.77. The van der Waals surface area contributed by atoms with Gasteiger partial charge in [0.2, 0.25) is 5.95 Å². The fourth-order valence-electron chi connectivity index (χ4n) is 3.75. The van der Waals surface area contributed by atoms with Crippen molar-refractivity contribution in [2.75, 3.05) is 11.9 Å². The minimum absolute atomic E-state index is 0.0273. The second-order valence-electron chi connectivity index (χ2n) is 7.19. The predicted octanol–water partition coefficient (Wildman–Crippen LogP) is 2.53. The zero-order chi connectivity index (χ0) is 21.5. The molecule has 0 bridgehead atoms. The van der Waals surface area contributed by atoms with E-state index in [1.807, 2.05) is 38.1 Å². The van der Waals surface area contributed by atoms with Gasteiger partial charge in [0, 0.05) is 11.1 Å². The maximum atomic E-state index is 12.7. The second-order valence-corrected chi connectivity index (χ2v) is 7.19. The number of tetrazole rings is 1. The number of aromatic amines is 1. The Kier molecular flexibility index (Phi) is 4.39. The van der Waals surface area contributed by atoms with Gasteiger partial charge in [0.05, 0.1) is 12.3 Å². The first-order valence-electron chi connectivity index (χ1n) is 9.77. The predicted molar refractivity (Wildman–Crippen MR) is 113 cm³/mol. The van der Waals surface area contributed by atoms with Crippen LogP contribution >= 0.6 is 0 Å². The number of H-pyrrole nitrogens is 1. The van der Waals surface area contributed by atoms with Crippen molar-refractivity contribution in [2.45, 2.75) is 19.9 Å². The summed E-state index contributed by atoms with van der Waals surface area (Å²) in [6.45, 7) is 4.24. The van der Waals surface area contributed by atoms with Gasteiger partial charge in [0.1, 0.15) is 11.7 Å². The monoisotopic (exact) mass is 417 g/mol. The summed E-state index contributed by atoms with van der Waals surface area (Å²) in [5.41, 5.74) is 3.85. The molecule has 3 heterocycles.